The van der Waals surface area contributed by atoms with Crippen molar-refractivity contribution in [3.05, 3.63) is 50.7 Å². The van der Waals surface area contributed by atoms with Crippen molar-refractivity contribution in [1.29, 1.82) is 0 Å². The van der Waals surface area contributed by atoms with Gasteiger partial charge in [-0.05, 0) is 62.6 Å². The average Bonchev–Trinajstić information content (AvgIpc) is 3.03. The molecule has 1 amide bonds. The van der Waals surface area contributed by atoms with Gasteiger partial charge in [-0.25, -0.2) is 0 Å². The van der Waals surface area contributed by atoms with Crippen molar-refractivity contribution in [2.45, 2.75) is 33.2 Å². The van der Waals surface area contributed by atoms with Crippen LogP contribution in [0.1, 0.15) is 44.2 Å². The molecule has 1 aliphatic heterocycles. The van der Waals surface area contributed by atoms with E-state index in [9.17, 15) is 4.79 Å². The van der Waals surface area contributed by atoms with E-state index < -0.39 is 0 Å². The summed E-state index contributed by atoms with van der Waals surface area (Å²) in [6.45, 7) is 7.21. The maximum atomic E-state index is 12.4. The molecule has 5 heteroatoms. The van der Waals surface area contributed by atoms with Crippen LogP contribution in [0, 0.1) is 13.8 Å². The number of benzene rings is 1. The Bertz CT molecular complexity index is 696. The van der Waals surface area contributed by atoms with Gasteiger partial charge in [0.1, 0.15) is 0 Å². The standard InChI is InChI=1S/C17H20N2OS.ClH/c1-10-8-15(12(3)21-10)11(2)19-17(20)14-4-5-16-13(9-14)6-7-18-16;/h4-5,8-9,11,18H,6-7H2,1-3H3,(H,19,20);1H. The number of carbonyl (C=O) groups excluding carboxylic acids is 1. The number of fused-ring (bicyclic) bond motifs is 1. The SMILES string of the molecule is Cc1cc(C(C)NC(=O)c2ccc3c(c2)CCN3)c(C)s1.Cl. The van der Waals surface area contributed by atoms with Gasteiger partial charge in [0.2, 0.25) is 0 Å². The third-order valence-corrected chi connectivity index (χ3v) is 4.95. The fraction of sp³-hybridized carbons (Fsp3) is 0.353. The lowest BCUT2D eigenvalue weighted by molar-refractivity contribution is 0.0940. The van der Waals surface area contributed by atoms with Crippen LogP contribution in [0.3, 0.4) is 0 Å². The van der Waals surface area contributed by atoms with E-state index in [-0.39, 0.29) is 24.4 Å². The van der Waals surface area contributed by atoms with E-state index >= 15 is 0 Å². The molecule has 0 saturated heterocycles. The second kappa shape index (κ2) is 6.71. The van der Waals surface area contributed by atoms with E-state index in [4.69, 9.17) is 0 Å². The predicted octanol–water partition coefficient (Wildman–Crippen LogP) is 4.25. The smallest absolute Gasteiger partial charge is 0.251 e. The summed E-state index contributed by atoms with van der Waals surface area (Å²) in [5, 5.41) is 6.42. The first kappa shape index (κ1) is 16.8. The van der Waals surface area contributed by atoms with Crippen LogP contribution in [0.5, 0.6) is 0 Å². The van der Waals surface area contributed by atoms with Crippen molar-refractivity contribution in [3.63, 3.8) is 0 Å². The lowest BCUT2D eigenvalue weighted by atomic mass is 10.1. The van der Waals surface area contributed by atoms with Crippen molar-refractivity contribution in [2.24, 2.45) is 0 Å². The molecule has 1 unspecified atom stereocenters. The minimum absolute atomic E-state index is 0. The van der Waals surface area contributed by atoms with E-state index in [1.165, 1.54) is 20.9 Å². The van der Waals surface area contributed by atoms with Gasteiger partial charge < -0.3 is 10.6 Å². The molecule has 3 rings (SSSR count). The van der Waals surface area contributed by atoms with Gasteiger partial charge in [-0.1, -0.05) is 0 Å². The minimum atomic E-state index is 0. The molecule has 0 fully saturated rings. The van der Waals surface area contributed by atoms with Gasteiger partial charge in [0.05, 0.1) is 6.04 Å². The molecule has 2 heterocycles. The summed E-state index contributed by atoms with van der Waals surface area (Å²) in [5.74, 6) is 0.000420. The Kier molecular flexibility index (Phi) is 5.14. The molecule has 1 aromatic heterocycles. The van der Waals surface area contributed by atoms with Crippen LogP contribution in [0.4, 0.5) is 5.69 Å². The third kappa shape index (κ3) is 3.28. The van der Waals surface area contributed by atoms with Crippen LogP contribution >= 0.6 is 23.7 Å². The first-order chi connectivity index (χ1) is 10.0. The minimum Gasteiger partial charge on any atom is -0.384 e. The number of hydrogen-bond donors (Lipinski definition) is 2. The number of amides is 1. The van der Waals surface area contributed by atoms with Crippen molar-refractivity contribution in [1.82, 2.24) is 5.32 Å². The van der Waals surface area contributed by atoms with Crippen molar-refractivity contribution in [2.75, 3.05) is 11.9 Å². The van der Waals surface area contributed by atoms with Crippen LogP contribution in [0.2, 0.25) is 0 Å². The number of rotatable bonds is 3. The Hall–Kier alpha value is -1.52. The van der Waals surface area contributed by atoms with Crippen LogP contribution < -0.4 is 10.6 Å². The highest BCUT2D eigenvalue weighted by molar-refractivity contribution is 7.12. The number of thiophene rings is 1. The number of carbonyl (C=O) groups is 1. The quantitative estimate of drug-likeness (QED) is 0.880. The molecule has 1 aromatic carbocycles. The summed E-state index contributed by atoms with van der Waals surface area (Å²) in [7, 11) is 0. The Morgan fingerprint density at radius 3 is 2.77 bits per heavy atom. The maximum absolute atomic E-state index is 12.4. The van der Waals surface area contributed by atoms with Crippen molar-refractivity contribution >= 4 is 35.3 Å². The second-order valence-corrected chi connectivity index (χ2v) is 7.07. The van der Waals surface area contributed by atoms with E-state index in [0.717, 1.165) is 24.2 Å². The first-order valence-electron chi connectivity index (χ1n) is 7.29. The summed E-state index contributed by atoms with van der Waals surface area (Å²) in [4.78, 5) is 15.0. The highest BCUT2D eigenvalue weighted by atomic mass is 35.5. The Morgan fingerprint density at radius 1 is 1.32 bits per heavy atom. The Morgan fingerprint density at radius 2 is 2.09 bits per heavy atom. The lowest BCUT2D eigenvalue weighted by Gasteiger charge is -2.14. The summed E-state index contributed by atoms with van der Waals surface area (Å²) < 4.78 is 0. The largest absolute Gasteiger partial charge is 0.384 e. The van der Waals surface area contributed by atoms with E-state index in [0.29, 0.717) is 0 Å². The van der Waals surface area contributed by atoms with Gasteiger partial charge in [-0.2, -0.15) is 0 Å². The number of halogens is 1. The second-order valence-electron chi connectivity index (χ2n) is 5.61. The average molecular weight is 337 g/mol. The Labute approximate surface area is 141 Å². The molecule has 0 saturated carbocycles. The predicted molar refractivity (Wildman–Crippen MR) is 95.6 cm³/mol. The van der Waals surface area contributed by atoms with Crippen LogP contribution in [0.15, 0.2) is 24.3 Å². The first-order valence-corrected chi connectivity index (χ1v) is 8.11. The molecule has 3 nitrogen and oxygen atoms in total. The topological polar surface area (TPSA) is 41.1 Å². The van der Waals surface area contributed by atoms with Crippen LogP contribution in [0.25, 0.3) is 0 Å². The monoisotopic (exact) mass is 336 g/mol. The zero-order chi connectivity index (χ0) is 15.0. The molecule has 0 bridgehead atoms. The number of anilines is 1. The molecular weight excluding hydrogens is 316 g/mol. The molecule has 0 radical (unpaired) electrons. The highest BCUT2D eigenvalue weighted by Crippen LogP contribution is 2.27. The van der Waals surface area contributed by atoms with Gasteiger partial charge in [0.15, 0.2) is 0 Å². The molecule has 118 valence electrons. The summed E-state index contributed by atoms with van der Waals surface area (Å²) in [6.07, 6.45) is 0.995. The molecular formula is C17H21ClN2OS. The van der Waals surface area contributed by atoms with Crippen molar-refractivity contribution in [3.8, 4) is 0 Å². The van der Waals surface area contributed by atoms with Gasteiger partial charge in [0, 0.05) is 27.5 Å². The van der Waals surface area contributed by atoms with E-state index in [1.807, 2.05) is 25.1 Å². The highest BCUT2D eigenvalue weighted by Gasteiger charge is 2.17. The molecule has 2 N–H and O–H groups in total. The van der Waals surface area contributed by atoms with Gasteiger partial charge in [0.25, 0.3) is 5.91 Å². The third-order valence-electron chi connectivity index (χ3n) is 3.97. The fourth-order valence-electron chi connectivity index (χ4n) is 2.88. The van der Waals surface area contributed by atoms with Gasteiger partial charge >= 0.3 is 0 Å². The molecule has 2 aromatic rings. The summed E-state index contributed by atoms with van der Waals surface area (Å²) >= 11 is 1.78. The molecule has 1 aliphatic rings. The number of aryl methyl sites for hydroxylation is 2. The normalized spacial score (nSPS) is 13.8. The molecule has 0 spiro atoms. The Balaban J connectivity index is 0.00000176. The number of nitrogens with one attached hydrogen (secondary N) is 2. The molecule has 1 atom stereocenters. The molecule has 0 aliphatic carbocycles. The van der Waals surface area contributed by atoms with Crippen LogP contribution in [-0.2, 0) is 6.42 Å². The van der Waals surface area contributed by atoms with Crippen molar-refractivity contribution < 1.29 is 4.79 Å². The van der Waals surface area contributed by atoms with E-state index in [2.05, 4.69) is 30.5 Å². The lowest BCUT2D eigenvalue weighted by Crippen LogP contribution is -2.26. The number of hydrogen-bond acceptors (Lipinski definition) is 3. The molecule has 22 heavy (non-hydrogen) atoms. The zero-order valence-electron chi connectivity index (χ0n) is 13.0. The maximum Gasteiger partial charge on any atom is 0.251 e. The van der Waals surface area contributed by atoms with Gasteiger partial charge in [-0.3, -0.25) is 4.79 Å². The summed E-state index contributed by atoms with van der Waals surface area (Å²) in [6, 6.07) is 8.10. The van der Waals surface area contributed by atoms with E-state index in [1.54, 1.807) is 11.3 Å². The van der Waals surface area contributed by atoms with Gasteiger partial charge in [-0.15, -0.1) is 23.7 Å². The zero-order valence-corrected chi connectivity index (χ0v) is 14.7. The summed E-state index contributed by atoms with van der Waals surface area (Å²) in [5.41, 5.74) is 4.35. The fourth-order valence-corrected chi connectivity index (χ4v) is 3.91. The van der Waals surface area contributed by atoms with Crippen LogP contribution in [-0.4, -0.2) is 12.5 Å².